The lowest BCUT2D eigenvalue weighted by molar-refractivity contribution is -0.122. The van der Waals surface area contributed by atoms with E-state index >= 15 is 0 Å². The highest BCUT2D eigenvalue weighted by Crippen LogP contribution is 2.42. The zero-order chi connectivity index (χ0) is 14.3. The van der Waals surface area contributed by atoms with Crippen molar-refractivity contribution in [2.45, 2.75) is 12.8 Å². The first kappa shape index (κ1) is 13.2. The molecule has 1 fully saturated rings. The molecule has 0 aromatic heterocycles. The topological polar surface area (TPSA) is 46.6 Å². The fourth-order valence-corrected chi connectivity index (χ4v) is 3.13. The molecule has 0 saturated carbocycles. The number of benzene rings is 1. The molecule has 104 valence electrons. The Balaban J connectivity index is 2.00. The molecule has 1 heterocycles. The second kappa shape index (κ2) is 4.94. The van der Waals surface area contributed by atoms with Crippen molar-refractivity contribution in [1.82, 2.24) is 0 Å². The standard InChI is InChI=1S/C15H14ClNO3/c1-20-13-5-3-2-4-12(13)17-14(18)10-7-6-9(16)8-11(10)15(17)19/h2-6,10-11H,7-8H2,1H3/t10-,11+/m1/s1. The number of imide groups is 1. The molecule has 0 radical (unpaired) electrons. The summed E-state index contributed by atoms with van der Waals surface area (Å²) in [5.74, 6) is -0.465. The van der Waals surface area contributed by atoms with Gasteiger partial charge in [0, 0.05) is 5.03 Å². The third kappa shape index (κ3) is 1.91. The van der Waals surface area contributed by atoms with E-state index in [1.54, 1.807) is 24.3 Å². The molecule has 2 amide bonds. The normalized spacial score (nSPS) is 25.5. The summed E-state index contributed by atoms with van der Waals surface area (Å²) in [5.41, 5.74) is 0.510. The lowest BCUT2D eigenvalue weighted by Crippen LogP contribution is -2.31. The zero-order valence-electron chi connectivity index (χ0n) is 11.0. The molecule has 20 heavy (non-hydrogen) atoms. The molecular weight excluding hydrogens is 278 g/mol. The third-order valence-corrected chi connectivity index (χ3v) is 4.20. The van der Waals surface area contributed by atoms with Crippen LogP contribution in [0.4, 0.5) is 5.69 Å². The molecule has 2 atom stereocenters. The number of rotatable bonds is 2. The number of ether oxygens (including phenoxy) is 1. The van der Waals surface area contributed by atoms with Gasteiger partial charge < -0.3 is 4.74 Å². The van der Waals surface area contributed by atoms with Crippen molar-refractivity contribution >= 4 is 29.1 Å². The average molecular weight is 292 g/mol. The predicted octanol–water partition coefficient (Wildman–Crippen LogP) is 2.72. The van der Waals surface area contributed by atoms with Crippen molar-refractivity contribution in [3.63, 3.8) is 0 Å². The molecular formula is C15H14ClNO3. The van der Waals surface area contributed by atoms with Crippen LogP contribution in [0.25, 0.3) is 0 Å². The van der Waals surface area contributed by atoms with Crippen LogP contribution in [0, 0.1) is 11.8 Å². The second-order valence-electron chi connectivity index (χ2n) is 4.99. The van der Waals surface area contributed by atoms with Crippen molar-refractivity contribution in [2.75, 3.05) is 12.0 Å². The van der Waals surface area contributed by atoms with Crippen molar-refractivity contribution < 1.29 is 14.3 Å². The van der Waals surface area contributed by atoms with E-state index in [9.17, 15) is 9.59 Å². The molecule has 0 N–H and O–H groups in total. The summed E-state index contributed by atoms with van der Waals surface area (Å²) >= 11 is 6.00. The number of allylic oxidation sites excluding steroid dienone is 2. The number of carbonyl (C=O) groups is 2. The first-order chi connectivity index (χ1) is 9.63. The maximum atomic E-state index is 12.5. The maximum Gasteiger partial charge on any atom is 0.238 e. The van der Waals surface area contributed by atoms with Crippen molar-refractivity contribution in [3.8, 4) is 5.75 Å². The van der Waals surface area contributed by atoms with Crippen LogP contribution >= 0.6 is 11.6 Å². The van der Waals surface area contributed by atoms with Crippen LogP contribution in [-0.2, 0) is 9.59 Å². The Hall–Kier alpha value is -1.81. The Kier molecular flexibility index (Phi) is 3.26. The highest BCUT2D eigenvalue weighted by atomic mass is 35.5. The van der Waals surface area contributed by atoms with Gasteiger partial charge >= 0.3 is 0 Å². The van der Waals surface area contributed by atoms with E-state index in [0.29, 0.717) is 29.3 Å². The quantitative estimate of drug-likeness (QED) is 0.787. The number of carbonyl (C=O) groups excluding carboxylic acids is 2. The summed E-state index contributed by atoms with van der Waals surface area (Å²) in [6.45, 7) is 0. The SMILES string of the molecule is COc1ccccc1N1C(=O)[C@H]2CC(Cl)=CC[C@H]2C1=O. The highest BCUT2D eigenvalue weighted by molar-refractivity contribution is 6.30. The predicted molar refractivity (Wildman–Crippen MR) is 75.6 cm³/mol. The molecule has 1 aromatic rings. The number of hydrogen-bond donors (Lipinski definition) is 0. The molecule has 1 aromatic carbocycles. The number of amides is 2. The van der Waals surface area contributed by atoms with Gasteiger partial charge in [0.05, 0.1) is 24.6 Å². The highest BCUT2D eigenvalue weighted by Gasteiger charge is 2.49. The van der Waals surface area contributed by atoms with Gasteiger partial charge in [0.1, 0.15) is 5.75 Å². The fraction of sp³-hybridized carbons (Fsp3) is 0.333. The van der Waals surface area contributed by atoms with Gasteiger partial charge in [-0.25, -0.2) is 4.90 Å². The van der Waals surface area contributed by atoms with Gasteiger partial charge in [-0.1, -0.05) is 29.8 Å². The van der Waals surface area contributed by atoms with E-state index in [1.807, 2.05) is 6.08 Å². The first-order valence-corrected chi connectivity index (χ1v) is 6.86. The number of nitrogens with zero attached hydrogens (tertiary/aromatic N) is 1. The van der Waals surface area contributed by atoms with Crippen molar-refractivity contribution in [1.29, 1.82) is 0 Å². The van der Waals surface area contributed by atoms with Gasteiger partial charge in [0.25, 0.3) is 0 Å². The van der Waals surface area contributed by atoms with Crippen LogP contribution < -0.4 is 9.64 Å². The molecule has 1 saturated heterocycles. The minimum Gasteiger partial charge on any atom is -0.495 e. The summed E-state index contributed by atoms with van der Waals surface area (Å²) in [7, 11) is 1.52. The summed E-state index contributed by atoms with van der Waals surface area (Å²) < 4.78 is 5.24. The van der Waals surface area contributed by atoms with Gasteiger partial charge in [0.15, 0.2) is 0 Å². The van der Waals surface area contributed by atoms with Crippen molar-refractivity contribution in [2.24, 2.45) is 11.8 Å². The third-order valence-electron chi connectivity index (χ3n) is 3.90. The molecule has 4 nitrogen and oxygen atoms in total. The summed E-state index contributed by atoms with van der Waals surface area (Å²) in [6.07, 6.45) is 2.81. The zero-order valence-corrected chi connectivity index (χ0v) is 11.8. The Morgan fingerprint density at radius 2 is 1.90 bits per heavy atom. The summed E-state index contributed by atoms with van der Waals surface area (Å²) in [6, 6.07) is 7.05. The molecule has 0 spiro atoms. The van der Waals surface area contributed by atoms with E-state index in [4.69, 9.17) is 16.3 Å². The first-order valence-electron chi connectivity index (χ1n) is 6.49. The minimum absolute atomic E-state index is 0.162. The average Bonchev–Trinajstić information content (AvgIpc) is 2.70. The summed E-state index contributed by atoms with van der Waals surface area (Å²) in [4.78, 5) is 26.3. The lowest BCUT2D eigenvalue weighted by atomic mass is 9.85. The monoisotopic (exact) mass is 291 g/mol. The maximum absolute atomic E-state index is 12.5. The Labute approximate surface area is 122 Å². The number of halogens is 1. The smallest absolute Gasteiger partial charge is 0.238 e. The Morgan fingerprint density at radius 3 is 2.65 bits per heavy atom. The lowest BCUT2D eigenvalue weighted by Gasteiger charge is -2.17. The van der Waals surface area contributed by atoms with Gasteiger partial charge in [0.2, 0.25) is 11.8 Å². The molecule has 1 aliphatic carbocycles. The number of fused-ring (bicyclic) bond motifs is 1. The van der Waals surface area contributed by atoms with E-state index in [1.165, 1.54) is 12.0 Å². The van der Waals surface area contributed by atoms with Gasteiger partial charge in [-0.05, 0) is 25.0 Å². The molecule has 3 rings (SSSR count). The number of anilines is 1. The van der Waals surface area contributed by atoms with Crippen LogP contribution in [0.15, 0.2) is 35.4 Å². The summed E-state index contributed by atoms with van der Waals surface area (Å²) in [5, 5.41) is 0.661. The van der Waals surface area contributed by atoms with Crippen LogP contribution in [0.1, 0.15) is 12.8 Å². The molecule has 5 heteroatoms. The second-order valence-corrected chi connectivity index (χ2v) is 5.47. The van der Waals surface area contributed by atoms with E-state index in [2.05, 4.69) is 0 Å². The van der Waals surface area contributed by atoms with Crippen LogP contribution in [0.5, 0.6) is 5.75 Å². The molecule has 2 aliphatic rings. The van der Waals surface area contributed by atoms with E-state index < -0.39 is 0 Å². The van der Waals surface area contributed by atoms with Crippen LogP contribution in [-0.4, -0.2) is 18.9 Å². The van der Waals surface area contributed by atoms with E-state index in [0.717, 1.165) is 0 Å². The van der Waals surface area contributed by atoms with E-state index in [-0.39, 0.29) is 23.7 Å². The minimum atomic E-state index is -0.343. The Morgan fingerprint density at radius 1 is 1.20 bits per heavy atom. The largest absolute Gasteiger partial charge is 0.495 e. The van der Waals surface area contributed by atoms with Crippen molar-refractivity contribution in [3.05, 3.63) is 35.4 Å². The number of methoxy groups -OCH3 is 1. The van der Waals surface area contributed by atoms with Gasteiger partial charge in [-0.3, -0.25) is 9.59 Å². The van der Waals surface area contributed by atoms with Gasteiger partial charge in [-0.2, -0.15) is 0 Å². The van der Waals surface area contributed by atoms with Crippen LogP contribution in [0.3, 0.4) is 0 Å². The number of hydrogen-bond acceptors (Lipinski definition) is 3. The number of para-hydroxylation sites is 2. The Bertz CT molecular complexity index is 611. The molecule has 0 unspecified atom stereocenters. The molecule has 0 bridgehead atoms. The van der Waals surface area contributed by atoms with Gasteiger partial charge in [-0.15, -0.1) is 0 Å². The van der Waals surface area contributed by atoms with Crippen LogP contribution in [0.2, 0.25) is 0 Å². The fourth-order valence-electron chi connectivity index (χ4n) is 2.88. The molecule has 1 aliphatic heterocycles.